The maximum absolute atomic E-state index is 2.58. The lowest BCUT2D eigenvalue weighted by Gasteiger charge is -2.43. The molecule has 0 radical (unpaired) electrons. The average molecular weight is 601 g/mol. The number of rotatable bonds is 1. The summed E-state index contributed by atoms with van der Waals surface area (Å²) in [4.78, 5) is 2.58. The van der Waals surface area contributed by atoms with Gasteiger partial charge in [0, 0.05) is 54.4 Å². The summed E-state index contributed by atoms with van der Waals surface area (Å²) < 4.78 is 5.14. The summed E-state index contributed by atoms with van der Waals surface area (Å²) in [6.45, 7) is 0.0985. The molecule has 0 atom stereocenters. The van der Waals surface area contributed by atoms with Crippen LogP contribution in [0.4, 0.5) is 11.4 Å². The van der Waals surface area contributed by atoms with Crippen LogP contribution in [0.2, 0.25) is 0 Å². The van der Waals surface area contributed by atoms with E-state index in [1.807, 2.05) is 11.3 Å². The van der Waals surface area contributed by atoms with Crippen molar-refractivity contribution in [1.82, 2.24) is 4.57 Å². The molecule has 0 amide bonds. The highest BCUT2D eigenvalue weighted by atomic mass is 32.1. The van der Waals surface area contributed by atoms with Crippen LogP contribution < -0.4 is 15.7 Å². The summed E-state index contributed by atoms with van der Waals surface area (Å²) in [6.07, 6.45) is 0. The molecule has 4 heterocycles. The molecule has 2 aliphatic heterocycles. The van der Waals surface area contributed by atoms with Crippen molar-refractivity contribution in [2.45, 2.75) is 0 Å². The monoisotopic (exact) mass is 600 g/mol. The molecule has 0 N–H and O–H groups in total. The van der Waals surface area contributed by atoms with Crippen LogP contribution in [0.1, 0.15) is 0 Å². The minimum Gasteiger partial charge on any atom is -0.376 e. The van der Waals surface area contributed by atoms with E-state index in [0.717, 1.165) is 0 Å². The van der Waals surface area contributed by atoms with Crippen LogP contribution in [0.25, 0.3) is 69.9 Å². The van der Waals surface area contributed by atoms with Crippen molar-refractivity contribution in [3.05, 3.63) is 152 Å². The predicted molar refractivity (Wildman–Crippen MR) is 198 cm³/mol. The maximum atomic E-state index is 2.58. The summed E-state index contributed by atoms with van der Waals surface area (Å²) in [5.74, 6) is 0. The third-order valence-corrected chi connectivity index (χ3v) is 11.3. The van der Waals surface area contributed by atoms with E-state index in [0.29, 0.717) is 0 Å². The number of anilines is 2. The van der Waals surface area contributed by atoms with Gasteiger partial charge in [-0.25, -0.2) is 0 Å². The zero-order chi connectivity index (χ0) is 29.9. The smallest absolute Gasteiger partial charge is 0.329 e. The van der Waals surface area contributed by atoms with Crippen molar-refractivity contribution in [3.8, 4) is 27.9 Å². The number of fused-ring (bicyclic) bond motifs is 18. The molecule has 7 aromatic carbocycles. The largest absolute Gasteiger partial charge is 0.376 e. The average Bonchev–Trinajstić information content (AvgIpc) is 3.66. The molecule has 2 nitrogen and oxygen atoms in total. The van der Waals surface area contributed by atoms with Gasteiger partial charge < -0.3 is 9.38 Å². The van der Waals surface area contributed by atoms with Crippen LogP contribution in [-0.4, -0.2) is 11.4 Å². The van der Waals surface area contributed by atoms with E-state index in [-0.39, 0.29) is 6.85 Å². The fraction of sp³-hybridized carbons (Fsp3) is 0. The molecule has 4 heteroatoms. The molecule has 9 aromatic rings. The highest BCUT2D eigenvalue weighted by Gasteiger charge is 2.42. The molecule has 0 bridgehead atoms. The molecule has 0 aliphatic carbocycles. The quantitative estimate of drug-likeness (QED) is 0.170. The summed E-state index contributed by atoms with van der Waals surface area (Å²) in [5, 5.41) is 5.25. The van der Waals surface area contributed by atoms with Gasteiger partial charge in [0.05, 0.1) is 15.7 Å². The molecule has 0 saturated carbocycles. The van der Waals surface area contributed by atoms with Gasteiger partial charge >= 0.3 is 6.85 Å². The number of aromatic nitrogens is 1. The van der Waals surface area contributed by atoms with Gasteiger partial charge in [0.15, 0.2) is 0 Å². The highest BCUT2D eigenvalue weighted by molar-refractivity contribution is 7.26. The van der Waals surface area contributed by atoms with Gasteiger partial charge in [-0.2, -0.15) is 0 Å². The van der Waals surface area contributed by atoms with E-state index in [4.69, 9.17) is 0 Å². The van der Waals surface area contributed by atoms with Gasteiger partial charge in [0.2, 0.25) is 0 Å². The molecule has 46 heavy (non-hydrogen) atoms. The van der Waals surface area contributed by atoms with Crippen LogP contribution in [-0.2, 0) is 0 Å². The van der Waals surface area contributed by atoms with Gasteiger partial charge in [-0.3, -0.25) is 0 Å². The normalized spacial score (nSPS) is 13.1. The van der Waals surface area contributed by atoms with Crippen molar-refractivity contribution in [2.75, 3.05) is 4.81 Å². The molecule has 11 rings (SSSR count). The summed E-state index contributed by atoms with van der Waals surface area (Å²) in [7, 11) is 0. The van der Waals surface area contributed by atoms with Crippen LogP contribution >= 0.6 is 11.3 Å². The second-order valence-corrected chi connectivity index (χ2v) is 13.5. The zero-order valence-corrected chi connectivity index (χ0v) is 25.6. The van der Waals surface area contributed by atoms with Gasteiger partial charge in [-0.05, 0) is 64.5 Å². The Kier molecular flexibility index (Phi) is 4.83. The lowest BCUT2D eigenvalue weighted by molar-refractivity contribution is 1.19. The highest BCUT2D eigenvalue weighted by Crippen LogP contribution is 2.48. The lowest BCUT2D eigenvalue weighted by atomic mass is 9.43. The molecular weight excluding hydrogens is 575 g/mol. The topological polar surface area (TPSA) is 8.17 Å². The van der Waals surface area contributed by atoms with Gasteiger partial charge in [-0.15, -0.1) is 11.3 Å². The fourth-order valence-corrected chi connectivity index (χ4v) is 9.58. The maximum Gasteiger partial charge on any atom is 0.329 e. The van der Waals surface area contributed by atoms with E-state index in [9.17, 15) is 0 Å². The Morgan fingerprint density at radius 1 is 0.457 bits per heavy atom. The second kappa shape index (κ2) is 9.00. The minimum atomic E-state index is 0.0985. The molecule has 2 aromatic heterocycles. The van der Waals surface area contributed by atoms with Crippen molar-refractivity contribution in [1.29, 1.82) is 0 Å². The number of hydrogen-bond acceptors (Lipinski definition) is 2. The first-order valence-electron chi connectivity index (χ1n) is 15.9. The van der Waals surface area contributed by atoms with Crippen molar-refractivity contribution < 1.29 is 0 Å². The first-order valence-corrected chi connectivity index (χ1v) is 16.7. The summed E-state index contributed by atoms with van der Waals surface area (Å²) >= 11 is 1.94. The predicted octanol–water partition coefficient (Wildman–Crippen LogP) is 10.1. The third-order valence-electron chi connectivity index (χ3n) is 10.2. The Bertz CT molecular complexity index is 2720. The number of nitrogens with zero attached hydrogens (tertiary/aromatic N) is 2. The van der Waals surface area contributed by atoms with Crippen LogP contribution in [0.5, 0.6) is 0 Å². The SMILES string of the molecule is c1ccc(-n2c3ccccc3c3ccc4c5cc6c(cc5sc4c32)B2c3ccccc3-c3ccccc3N2c2ccccc2-6)cc1. The molecule has 2 aliphatic rings. The summed E-state index contributed by atoms with van der Waals surface area (Å²) in [5.41, 5.74) is 14.3. The van der Waals surface area contributed by atoms with E-state index >= 15 is 0 Å². The van der Waals surface area contributed by atoms with E-state index in [2.05, 4.69) is 161 Å². The third kappa shape index (κ3) is 3.12. The fourth-order valence-electron chi connectivity index (χ4n) is 8.31. The van der Waals surface area contributed by atoms with Crippen molar-refractivity contribution in [3.63, 3.8) is 0 Å². The zero-order valence-electron chi connectivity index (χ0n) is 24.8. The van der Waals surface area contributed by atoms with Crippen molar-refractivity contribution >= 4 is 82.5 Å². The Balaban J connectivity index is 1.26. The Morgan fingerprint density at radius 2 is 1.11 bits per heavy atom. The standard InChI is InChI=1S/C42H25BN2S/c1-2-12-26(13-3-1)44-37-19-9-5-16-29(37)31-22-23-32-34-24-33-30-17-7-11-21-39(30)45-38-20-10-6-15-28(38)27-14-4-8-18-35(27)43(45)36(33)25-40(34)46-42(32)41(31)44/h1-25H. The van der Waals surface area contributed by atoms with Gasteiger partial charge in [0.25, 0.3) is 0 Å². The Morgan fingerprint density at radius 3 is 1.93 bits per heavy atom. The number of benzene rings is 7. The molecule has 0 spiro atoms. The van der Waals surface area contributed by atoms with Gasteiger partial charge in [0.1, 0.15) is 0 Å². The van der Waals surface area contributed by atoms with Crippen LogP contribution in [0.15, 0.2) is 152 Å². The van der Waals surface area contributed by atoms with Crippen LogP contribution in [0, 0.1) is 0 Å². The van der Waals surface area contributed by atoms with Crippen molar-refractivity contribution in [2.24, 2.45) is 0 Å². The minimum absolute atomic E-state index is 0.0985. The number of para-hydroxylation sites is 4. The Hall–Kier alpha value is -5.58. The number of hydrogen-bond donors (Lipinski definition) is 0. The first-order chi connectivity index (χ1) is 22.8. The molecule has 0 fully saturated rings. The second-order valence-electron chi connectivity index (χ2n) is 12.5. The molecule has 0 unspecified atom stereocenters. The molecular formula is C42H25BN2S. The number of thiophene rings is 1. The molecule has 212 valence electrons. The van der Waals surface area contributed by atoms with E-state index < -0.39 is 0 Å². The lowest BCUT2D eigenvalue weighted by Crippen LogP contribution is -2.59. The van der Waals surface area contributed by atoms with E-state index in [1.165, 1.54) is 92.2 Å². The van der Waals surface area contributed by atoms with E-state index in [1.54, 1.807) is 0 Å². The van der Waals surface area contributed by atoms with Crippen LogP contribution in [0.3, 0.4) is 0 Å². The van der Waals surface area contributed by atoms with Gasteiger partial charge in [-0.1, -0.05) is 109 Å². The Labute approximate surface area is 270 Å². The molecule has 0 saturated heterocycles. The summed E-state index contributed by atoms with van der Waals surface area (Å²) in [6, 6.07) is 56.2. The first kappa shape index (κ1) is 24.7.